The third kappa shape index (κ3) is 2.25. The van der Waals surface area contributed by atoms with E-state index in [4.69, 9.17) is 27.2 Å². The first kappa shape index (κ1) is 12.7. The molecule has 0 aliphatic rings. The predicted molar refractivity (Wildman–Crippen MR) is 66.6 cm³/mol. The molecule has 0 aliphatic heterocycles. The van der Waals surface area contributed by atoms with Gasteiger partial charge >= 0.3 is 0 Å². The second-order valence-corrected chi connectivity index (χ2v) is 5.81. The van der Waals surface area contributed by atoms with Crippen molar-refractivity contribution < 1.29 is 12.8 Å². The van der Waals surface area contributed by atoms with Crippen LogP contribution in [-0.4, -0.2) is 14.3 Å². The van der Waals surface area contributed by atoms with Crippen LogP contribution in [0.15, 0.2) is 50.8 Å². The average Bonchev–Trinajstić information content (AvgIpc) is 2.79. The number of halogens is 1. The van der Waals surface area contributed by atoms with Crippen LogP contribution in [0.25, 0.3) is 0 Å². The van der Waals surface area contributed by atoms with Crippen LogP contribution in [0.4, 0.5) is 0 Å². The van der Waals surface area contributed by atoms with Crippen LogP contribution in [0.2, 0.25) is 5.02 Å². The quantitative estimate of drug-likeness (QED) is 0.666. The molecule has 0 spiro atoms. The number of benzene rings is 1. The Morgan fingerprint density at radius 1 is 1.17 bits per heavy atom. The third-order valence-electron chi connectivity index (χ3n) is 2.24. The van der Waals surface area contributed by atoms with Crippen molar-refractivity contribution in [3.63, 3.8) is 0 Å². The molecule has 0 radical (unpaired) electrons. The first-order valence-electron chi connectivity index (χ1n) is 4.86. The molecule has 0 amide bonds. The lowest BCUT2D eigenvalue weighted by Crippen LogP contribution is -2.09. The zero-order chi connectivity index (χ0) is 13.3. The van der Waals surface area contributed by atoms with Crippen molar-refractivity contribution in [3.05, 3.63) is 47.2 Å². The van der Waals surface area contributed by atoms with Gasteiger partial charge < -0.3 is 10.2 Å². The number of nitrogens with two attached hydrogens (primary N) is 1. The molecular formula is C11H9ClN2O3S. The minimum Gasteiger partial charge on any atom is -0.441 e. The fourth-order valence-electron chi connectivity index (χ4n) is 1.34. The highest BCUT2D eigenvalue weighted by Crippen LogP contribution is 2.23. The summed E-state index contributed by atoms with van der Waals surface area (Å²) in [5.74, 6) is -0.310. The molecule has 1 heterocycles. The van der Waals surface area contributed by atoms with E-state index in [1.54, 1.807) is 0 Å². The van der Waals surface area contributed by atoms with Crippen molar-refractivity contribution >= 4 is 27.3 Å². The first-order valence-corrected chi connectivity index (χ1v) is 6.72. The minimum absolute atomic E-state index is 0.0162. The highest BCUT2D eigenvalue weighted by molar-refractivity contribution is 7.91. The van der Waals surface area contributed by atoms with Gasteiger partial charge in [0.1, 0.15) is 0 Å². The molecule has 7 heteroatoms. The molecule has 1 aromatic heterocycles. The second-order valence-electron chi connectivity index (χ2n) is 3.49. The lowest BCUT2D eigenvalue weighted by molar-refractivity contribution is 0.443. The Kier molecular flexibility index (Phi) is 3.14. The maximum absolute atomic E-state index is 12.1. The molecule has 0 fully saturated rings. The Morgan fingerprint density at radius 3 is 2.28 bits per heavy atom. The summed E-state index contributed by atoms with van der Waals surface area (Å²) in [6.45, 7) is 0. The Hall–Kier alpha value is -1.79. The van der Waals surface area contributed by atoms with Gasteiger partial charge in [-0.25, -0.2) is 8.42 Å². The normalized spacial score (nSPS) is 11.4. The molecule has 0 bridgehead atoms. The van der Waals surface area contributed by atoms with Crippen molar-refractivity contribution in [3.8, 4) is 0 Å². The zero-order valence-corrected chi connectivity index (χ0v) is 10.6. The van der Waals surface area contributed by atoms with Gasteiger partial charge in [0, 0.05) is 5.02 Å². The Balaban J connectivity index is 2.47. The van der Waals surface area contributed by atoms with Crippen molar-refractivity contribution in [1.82, 2.24) is 0 Å². The molecule has 18 heavy (non-hydrogen) atoms. The molecule has 0 saturated heterocycles. The largest absolute Gasteiger partial charge is 0.441 e. The highest BCUT2D eigenvalue weighted by Gasteiger charge is 2.22. The van der Waals surface area contributed by atoms with Crippen LogP contribution in [0, 0.1) is 5.41 Å². The maximum Gasteiger partial charge on any atom is 0.239 e. The lowest BCUT2D eigenvalue weighted by Gasteiger charge is -2.01. The van der Waals surface area contributed by atoms with Gasteiger partial charge in [0.25, 0.3) is 0 Å². The summed E-state index contributed by atoms with van der Waals surface area (Å²) < 4.78 is 29.3. The summed E-state index contributed by atoms with van der Waals surface area (Å²) in [5.41, 5.74) is 5.21. The van der Waals surface area contributed by atoms with Gasteiger partial charge in [-0.05, 0) is 36.4 Å². The molecule has 0 unspecified atom stereocenters. The van der Waals surface area contributed by atoms with Crippen molar-refractivity contribution in [2.24, 2.45) is 5.73 Å². The van der Waals surface area contributed by atoms with Gasteiger partial charge in [0.05, 0.1) is 4.90 Å². The fourth-order valence-corrected chi connectivity index (χ4v) is 2.64. The fraction of sp³-hybridized carbons (Fsp3) is 0. The van der Waals surface area contributed by atoms with E-state index in [0.29, 0.717) is 5.02 Å². The van der Waals surface area contributed by atoms with Gasteiger partial charge in [-0.1, -0.05) is 11.6 Å². The predicted octanol–water partition coefficient (Wildman–Crippen LogP) is 2.05. The van der Waals surface area contributed by atoms with Crippen LogP contribution >= 0.6 is 11.6 Å². The van der Waals surface area contributed by atoms with Crippen molar-refractivity contribution in [2.45, 2.75) is 9.99 Å². The van der Waals surface area contributed by atoms with E-state index in [2.05, 4.69) is 0 Å². The summed E-state index contributed by atoms with van der Waals surface area (Å²) in [5, 5.41) is 7.35. The molecule has 94 valence electrons. The van der Waals surface area contributed by atoms with Crippen molar-refractivity contribution in [1.29, 1.82) is 5.41 Å². The molecule has 2 rings (SSSR count). The average molecular weight is 285 g/mol. The zero-order valence-electron chi connectivity index (χ0n) is 9.05. The number of nitrogen functional groups attached to an aromatic ring is 1. The van der Waals surface area contributed by atoms with Crippen LogP contribution in [-0.2, 0) is 9.84 Å². The smallest absolute Gasteiger partial charge is 0.239 e. The highest BCUT2D eigenvalue weighted by atomic mass is 35.5. The lowest BCUT2D eigenvalue weighted by atomic mass is 10.4. The maximum atomic E-state index is 12.1. The van der Waals surface area contributed by atoms with Crippen LogP contribution in [0.5, 0.6) is 0 Å². The van der Waals surface area contributed by atoms with Crippen LogP contribution in [0.1, 0.15) is 5.76 Å². The van der Waals surface area contributed by atoms with Gasteiger partial charge in [-0.3, -0.25) is 5.41 Å². The van der Waals surface area contributed by atoms with Crippen molar-refractivity contribution in [2.75, 3.05) is 0 Å². The van der Waals surface area contributed by atoms with E-state index in [1.807, 2.05) is 0 Å². The summed E-state index contributed by atoms with van der Waals surface area (Å²) in [6, 6.07) is 8.32. The Labute approximate surface area is 109 Å². The van der Waals surface area contributed by atoms with Crippen LogP contribution in [0.3, 0.4) is 0 Å². The number of nitrogens with one attached hydrogen (secondary N) is 1. The molecule has 0 aliphatic carbocycles. The molecule has 3 N–H and O–H groups in total. The first-order chi connectivity index (χ1) is 8.41. The van der Waals surface area contributed by atoms with Gasteiger partial charge in [0.2, 0.25) is 14.9 Å². The van der Waals surface area contributed by atoms with E-state index in [0.717, 1.165) is 0 Å². The van der Waals surface area contributed by atoms with E-state index in [9.17, 15) is 8.42 Å². The molecule has 2 aromatic rings. The Morgan fingerprint density at radius 2 is 1.78 bits per heavy atom. The summed E-state index contributed by atoms with van der Waals surface area (Å²) in [4.78, 5) is 0.0661. The molecule has 5 nitrogen and oxygen atoms in total. The van der Waals surface area contributed by atoms with Gasteiger partial charge in [0.15, 0.2) is 11.6 Å². The third-order valence-corrected chi connectivity index (χ3v) is 4.13. The summed E-state index contributed by atoms with van der Waals surface area (Å²) in [7, 11) is -3.75. The molecule has 0 saturated carbocycles. The summed E-state index contributed by atoms with van der Waals surface area (Å²) in [6.07, 6.45) is 0. The SMILES string of the molecule is N=C(N)c1ccc(S(=O)(=O)c2ccc(Cl)cc2)o1. The number of rotatable bonds is 3. The van der Waals surface area contributed by atoms with E-state index >= 15 is 0 Å². The molecule has 1 aromatic carbocycles. The Bertz CT molecular complexity index is 689. The van der Waals surface area contributed by atoms with Gasteiger partial charge in [-0.15, -0.1) is 0 Å². The summed E-state index contributed by atoms with van der Waals surface area (Å²) >= 11 is 5.69. The van der Waals surface area contributed by atoms with Crippen LogP contribution < -0.4 is 5.73 Å². The standard InChI is InChI=1S/C11H9ClN2O3S/c12-7-1-3-8(4-2-7)18(15,16)10-6-5-9(17-10)11(13)14/h1-6H,(H3,13,14). The second kappa shape index (κ2) is 4.47. The topological polar surface area (TPSA) is 97.1 Å². The van der Waals surface area contributed by atoms with E-state index in [1.165, 1.54) is 36.4 Å². The number of furan rings is 1. The number of amidine groups is 1. The minimum atomic E-state index is -3.75. The molecular weight excluding hydrogens is 276 g/mol. The number of hydrogen-bond donors (Lipinski definition) is 2. The van der Waals surface area contributed by atoms with Gasteiger partial charge in [-0.2, -0.15) is 0 Å². The monoisotopic (exact) mass is 284 g/mol. The van der Waals surface area contributed by atoms with E-state index < -0.39 is 9.84 Å². The number of hydrogen-bond acceptors (Lipinski definition) is 4. The molecule has 0 atom stereocenters. The number of sulfone groups is 1. The van der Waals surface area contributed by atoms with E-state index in [-0.39, 0.29) is 21.6 Å².